The third-order valence-corrected chi connectivity index (χ3v) is 4.92. The largest absolute Gasteiger partial charge is 0.486 e. The van der Waals surface area contributed by atoms with Crippen LogP contribution in [0.3, 0.4) is 0 Å². The third kappa shape index (κ3) is 4.40. The number of aromatic nitrogens is 3. The number of hydrogen-bond acceptors (Lipinski definition) is 6. The lowest BCUT2D eigenvalue weighted by Gasteiger charge is -2.06. The van der Waals surface area contributed by atoms with Crippen molar-refractivity contribution in [2.75, 3.05) is 0 Å². The van der Waals surface area contributed by atoms with E-state index in [4.69, 9.17) is 4.74 Å². The quantitative estimate of drug-likeness (QED) is 0.356. The molecule has 0 unspecified atom stereocenters. The molecule has 0 saturated carbocycles. The van der Waals surface area contributed by atoms with Gasteiger partial charge in [0.2, 0.25) is 0 Å². The molecule has 0 aliphatic heterocycles. The van der Waals surface area contributed by atoms with Crippen molar-refractivity contribution in [1.29, 1.82) is 0 Å². The molecule has 0 fully saturated rings. The van der Waals surface area contributed by atoms with Crippen LogP contribution in [0.5, 0.6) is 5.75 Å². The van der Waals surface area contributed by atoms with Crippen molar-refractivity contribution in [3.8, 4) is 5.75 Å². The molecule has 8 heteroatoms. The molecule has 0 saturated heterocycles. The Labute approximate surface area is 155 Å². The van der Waals surface area contributed by atoms with Crippen LogP contribution in [0.1, 0.15) is 17.0 Å². The zero-order valence-corrected chi connectivity index (χ0v) is 15.3. The van der Waals surface area contributed by atoms with Gasteiger partial charge in [-0.15, -0.1) is 10.2 Å². The summed E-state index contributed by atoms with van der Waals surface area (Å²) >= 11 is 1.61. The van der Waals surface area contributed by atoms with Gasteiger partial charge in [-0.2, -0.15) is 0 Å². The van der Waals surface area contributed by atoms with Gasteiger partial charge in [0.25, 0.3) is 5.69 Å². The van der Waals surface area contributed by atoms with E-state index in [0.29, 0.717) is 11.6 Å². The second kappa shape index (κ2) is 8.01. The van der Waals surface area contributed by atoms with Crippen LogP contribution < -0.4 is 4.74 Å². The molecule has 0 aliphatic rings. The highest BCUT2D eigenvalue weighted by molar-refractivity contribution is 7.98. The Balaban J connectivity index is 1.58. The summed E-state index contributed by atoms with van der Waals surface area (Å²) in [4.78, 5) is 10.2. The molecule has 0 N–H and O–H groups in total. The molecule has 134 valence electrons. The minimum atomic E-state index is -0.440. The van der Waals surface area contributed by atoms with Crippen LogP contribution in [-0.4, -0.2) is 19.7 Å². The fourth-order valence-electron chi connectivity index (χ4n) is 2.24. The summed E-state index contributed by atoms with van der Waals surface area (Å²) in [6.45, 7) is 2.31. The first-order chi connectivity index (χ1) is 12.5. The minimum Gasteiger partial charge on any atom is -0.486 e. The first-order valence-corrected chi connectivity index (χ1v) is 8.95. The van der Waals surface area contributed by atoms with Gasteiger partial charge in [0.1, 0.15) is 12.4 Å². The second-order valence-corrected chi connectivity index (χ2v) is 6.71. The number of non-ortho nitro benzene ring substituents is 1. The number of nitrogens with zero attached hydrogens (tertiary/aromatic N) is 4. The highest BCUT2D eigenvalue weighted by atomic mass is 32.2. The van der Waals surface area contributed by atoms with E-state index in [9.17, 15) is 10.1 Å². The number of ether oxygens (including phenoxy) is 1. The summed E-state index contributed by atoms with van der Waals surface area (Å²) in [7, 11) is 1.89. The average Bonchev–Trinajstić information content (AvgIpc) is 3.00. The van der Waals surface area contributed by atoms with E-state index in [-0.39, 0.29) is 12.3 Å². The van der Waals surface area contributed by atoms with Crippen molar-refractivity contribution in [2.24, 2.45) is 7.05 Å². The maximum Gasteiger partial charge on any atom is 0.269 e. The molecule has 0 atom stereocenters. The summed E-state index contributed by atoms with van der Waals surface area (Å²) in [5, 5.41) is 19.8. The summed E-state index contributed by atoms with van der Waals surface area (Å²) < 4.78 is 7.53. The number of aryl methyl sites for hydroxylation is 1. The van der Waals surface area contributed by atoms with Crippen LogP contribution in [0.15, 0.2) is 53.7 Å². The van der Waals surface area contributed by atoms with E-state index in [0.717, 1.165) is 10.9 Å². The molecule has 3 aromatic rings. The van der Waals surface area contributed by atoms with Gasteiger partial charge in [-0.1, -0.05) is 41.6 Å². The Morgan fingerprint density at radius 3 is 2.46 bits per heavy atom. The zero-order valence-electron chi connectivity index (χ0n) is 14.5. The molecular formula is C18H18N4O3S. The number of thioether (sulfide) groups is 1. The Hall–Kier alpha value is -2.87. The summed E-state index contributed by atoms with van der Waals surface area (Å²) in [6, 6.07) is 14.4. The molecule has 3 rings (SSSR count). The van der Waals surface area contributed by atoms with Crippen LogP contribution in [-0.2, 0) is 19.4 Å². The standard InChI is InChI=1S/C18H18N4O3S/c1-13-3-5-14(6-4-13)12-26-18-20-19-17(21(18)2)11-25-16-9-7-15(8-10-16)22(23)24/h3-10H,11-12H2,1-2H3. The van der Waals surface area contributed by atoms with Crippen LogP contribution in [0.25, 0.3) is 0 Å². The van der Waals surface area contributed by atoms with Crippen molar-refractivity contribution >= 4 is 17.4 Å². The molecule has 26 heavy (non-hydrogen) atoms. The topological polar surface area (TPSA) is 83.1 Å². The molecule has 0 spiro atoms. The third-order valence-electron chi connectivity index (χ3n) is 3.83. The second-order valence-electron chi connectivity index (χ2n) is 5.77. The van der Waals surface area contributed by atoms with Crippen molar-refractivity contribution in [3.05, 3.63) is 75.6 Å². The first kappa shape index (κ1) is 17.9. The molecule has 0 aliphatic carbocycles. The number of nitro benzene ring substituents is 1. The average molecular weight is 370 g/mol. The van der Waals surface area contributed by atoms with Crippen molar-refractivity contribution in [1.82, 2.24) is 14.8 Å². The molecule has 1 aromatic heterocycles. The maximum absolute atomic E-state index is 10.7. The van der Waals surface area contributed by atoms with E-state index in [2.05, 4.69) is 41.4 Å². The van der Waals surface area contributed by atoms with Gasteiger partial charge < -0.3 is 9.30 Å². The van der Waals surface area contributed by atoms with Gasteiger partial charge >= 0.3 is 0 Å². The highest BCUT2D eigenvalue weighted by Crippen LogP contribution is 2.22. The molecule has 2 aromatic carbocycles. The Bertz CT molecular complexity index is 892. The number of benzene rings is 2. The van der Waals surface area contributed by atoms with Crippen LogP contribution in [0.4, 0.5) is 5.69 Å². The molecule has 7 nitrogen and oxygen atoms in total. The van der Waals surface area contributed by atoms with Crippen LogP contribution in [0.2, 0.25) is 0 Å². The maximum atomic E-state index is 10.7. The lowest BCUT2D eigenvalue weighted by molar-refractivity contribution is -0.384. The zero-order chi connectivity index (χ0) is 18.5. The van der Waals surface area contributed by atoms with Gasteiger partial charge in [-0.25, -0.2) is 0 Å². The summed E-state index contributed by atoms with van der Waals surface area (Å²) in [5.74, 6) is 2.05. The first-order valence-electron chi connectivity index (χ1n) is 7.97. The van der Waals surface area contributed by atoms with Crippen molar-refractivity contribution < 1.29 is 9.66 Å². The van der Waals surface area contributed by atoms with Gasteiger partial charge in [-0.05, 0) is 24.6 Å². The predicted octanol–water partition coefficient (Wildman–Crippen LogP) is 3.90. The van der Waals surface area contributed by atoms with Crippen molar-refractivity contribution in [2.45, 2.75) is 24.4 Å². The van der Waals surface area contributed by atoms with E-state index in [1.165, 1.54) is 23.3 Å². The number of nitro groups is 1. The van der Waals surface area contributed by atoms with E-state index in [1.54, 1.807) is 23.9 Å². The smallest absolute Gasteiger partial charge is 0.269 e. The molecule has 0 bridgehead atoms. The highest BCUT2D eigenvalue weighted by Gasteiger charge is 2.11. The van der Waals surface area contributed by atoms with Gasteiger partial charge in [0.05, 0.1) is 4.92 Å². The predicted molar refractivity (Wildman–Crippen MR) is 99.2 cm³/mol. The molecule has 0 radical (unpaired) electrons. The lowest BCUT2D eigenvalue weighted by Crippen LogP contribution is -2.04. The summed E-state index contributed by atoms with van der Waals surface area (Å²) in [5.41, 5.74) is 2.50. The van der Waals surface area contributed by atoms with Gasteiger partial charge in [-0.3, -0.25) is 10.1 Å². The van der Waals surface area contributed by atoms with Crippen LogP contribution in [0, 0.1) is 17.0 Å². The minimum absolute atomic E-state index is 0.0331. The van der Waals surface area contributed by atoms with E-state index in [1.807, 2.05) is 11.6 Å². The monoisotopic (exact) mass is 370 g/mol. The normalized spacial score (nSPS) is 10.7. The molecular weight excluding hydrogens is 352 g/mol. The number of hydrogen-bond donors (Lipinski definition) is 0. The Morgan fingerprint density at radius 2 is 1.81 bits per heavy atom. The molecule has 0 amide bonds. The fourth-order valence-corrected chi connectivity index (χ4v) is 3.13. The lowest BCUT2D eigenvalue weighted by atomic mass is 10.2. The SMILES string of the molecule is Cc1ccc(CSc2nnc(COc3ccc([N+](=O)[O-])cc3)n2C)cc1. The number of rotatable bonds is 7. The van der Waals surface area contributed by atoms with E-state index >= 15 is 0 Å². The van der Waals surface area contributed by atoms with Crippen LogP contribution >= 0.6 is 11.8 Å². The van der Waals surface area contributed by atoms with Crippen molar-refractivity contribution in [3.63, 3.8) is 0 Å². The van der Waals surface area contributed by atoms with Gasteiger partial charge in [0.15, 0.2) is 11.0 Å². The summed E-state index contributed by atoms with van der Waals surface area (Å²) in [6.07, 6.45) is 0. The Kier molecular flexibility index (Phi) is 5.52. The fraction of sp³-hybridized carbons (Fsp3) is 0.222. The Morgan fingerprint density at radius 1 is 1.12 bits per heavy atom. The van der Waals surface area contributed by atoms with E-state index < -0.39 is 4.92 Å². The molecule has 1 heterocycles. The van der Waals surface area contributed by atoms with Gasteiger partial charge in [0, 0.05) is 24.9 Å².